The van der Waals surface area contributed by atoms with E-state index in [0.717, 1.165) is 27.5 Å². The van der Waals surface area contributed by atoms with Gasteiger partial charge in [0.2, 0.25) is 0 Å². The second-order valence-electron chi connectivity index (χ2n) is 4.64. The van der Waals surface area contributed by atoms with Crippen LogP contribution < -0.4 is 0 Å². The molecule has 0 aliphatic rings. The van der Waals surface area contributed by atoms with E-state index in [0.29, 0.717) is 5.82 Å². The molecular weight excluding hydrogens is 246 g/mol. The van der Waals surface area contributed by atoms with Gasteiger partial charge in [-0.2, -0.15) is 0 Å². The van der Waals surface area contributed by atoms with Crippen LogP contribution in [0.5, 0.6) is 0 Å². The molecule has 2 heterocycles. The van der Waals surface area contributed by atoms with E-state index < -0.39 is 0 Å². The number of pyridine rings is 1. The van der Waals surface area contributed by atoms with E-state index in [-0.39, 0.29) is 0 Å². The lowest BCUT2D eigenvalue weighted by molar-refractivity contribution is 1.19. The summed E-state index contributed by atoms with van der Waals surface area (Å²) in [6.45, 7) is 0. The summed E-state index contributed by atoms with van der Waals surface area (Å²) in [5, 5.41) is 2.16. The van der Waals surface area contributed by atoms with Crippen LogP contribution in [-0.2, 0) is 0 Å². The lowest BCUT2D eigenvalue weighted by Gasteiger charge is -2.03. The van der Waals surface area contributed by atoms with E-state index in [1.54, 1.807) is 0 Å². The topological polar surface area (TPSA) is 38.7 Å². The molecule has 94 valence electrons. The fourth-order valence-corrected chi connectivity index (χ4v) is 2.29. The summed E-state index contributed by atoms with van der Waals surface area (Å²) < 4.78 is 0. The summed E-state index contributed by atoms with van der Waals surface area (Å²) in [6.07, 6.45) is 1.84. The smallest absolute Gasteiger partial charge is 0.178 e. The van der Waals surface area contributed by atoms with Crippen LogP contribution in [0.15, 0.2) is 66.9 Å². The first-order chi connectivity index (χ1) is 9.90. The van der Waals surface area contributed by atoms with Gasteiger partial charge in [0, 0.05) is 17.0 Å². The second kappa shape index (κ2) is 4.38. The molecule has 0 aliphatic heterocycles. The van der Waals surface area contributed by atoms with Crippen LogP contribution in [0.4, 0.5) is 0 Å². The predicted octanol–water partition coefficient (Wildman–Crippen LogP) is 3.85. The third kappa shape index (κ3) is 1.80. The van der Waals surface area contributed by atoms with E-state index in [2.05, 4.69) is 21.0 Å². The van der Waals surface area contributed by atoms with Gasteiger partial charge in [-0.1, -0.05) is 42.5 Å². The number of hydrogen-bond acceptors (Lipinski definition) is 3. The largest absolute Gasteiger partial charge is 0.244 e. The van der Waals surface area contributed by atoms with Gasteiger partial charge in [-0.05, 0) is 18.2 Å². The molecule has 0 saturated carbocycles. The predicted molar refractivity (Wildman–Crippen MR) is 80.3 cm³/mol. The van der Waals surface area contributed by atoms with Crippen molar-refractivity contribution >= 4 is 21.8 Å². The molecule has 0 spiro atoms. The molecule has 0 aliphatic carbocycles. The van der Waals surface area contributed by atoms with Crippen molar-refractivity contribution in [2.24, 2.45) is 0 Å². The van der Waals surface area contributed by atoms with Crippen molar-refractivity contribution in [3.05, 3.63) is 66.9 Å². The van der Waals surface area contributed by atoms with Gasteiger partial charge in [-0.25, -0.2) is 15.0 Å². The molecule has 0 atom stereocenters. The molecule has 0 fully saturated rings. The van der Waals surface area contributed by atoms with Gasteiger partial charge in [0.1, 0.15) is 5.69 Å². The van der Waals surface area contributed by atoms with Gasteiger partial charge in [0.05, 0.1) is 11.0 Å². The van der Waals surface area contributed by atoms with Crippen LogP contribution in [0.25, 0.3) is 33.3 Å². The lowest BCUT2D eigenvalue weighted by atomic mass is 10.2. The van der Waals surface area contributed by atoms with Crippen LogP contribution in [-0.4, -0.2) is 15.0 Å². The first kappa shape index (κ1) is 11.1. The van der Waals surface area contributed by atoms with Crippen LogP contribution in [0.1, 0.15) is 0 Å². The molecule has 0 amide bonds. The molecule has 4 rings (SSSR count). The highest BCUT2D eigenvalue weighted by molar-refractivity contribution is 5.82. The second-order valence-corrected chi connectivity index (χ2v) is 4.64. The molecule has 0 unspecified atom stereocenters. The lowest BCUT2D eigenvalue weighted by Crippen LogP contribution is -1.92. The highest BCUT2D eigenvalue weighted by Crippen LogP contribution is 2.19. The highest BCUT2D eigenvalue weighted by atomic mass is 14.9. The first-order valence-electron chi connectivity index (χ1n) is 6.48. The third-order valence-electron chi connectivity index (χ3n) is 3.32. The van der Waals surface area contributed by atoms with Gasteiger partial charge >= 0.3 is 0 Å². The van der Waals surface area contributed by atoms with Crippen LogP contribution in [0.3, 0.4) is 0 Å². The number of hydrogen-bond donors (Lipinski definition) is 0. The Kier molecular flexibility index (Phi) is 2.42. The van der Waals surface area contributed by atoms with Crippen molar-refractivity contribution in [3.8, 4) is 11.5 Å². The minimum atomic E-state index is 0.662. The van der Waals surface area contributed by atoms with E-state index in [4.69, 9.17) is 0 Å². The summed E-state index contributed by atoms with van der Waals surface area (Å²) in [4.78, 5) is 13.6. The normalized spacial score (nSPS) is 11.0. The Morgan fingerprint density at radius 2 is 1.30 bits per heavy atom. The molecular formula is C17H11N3. The van der Waals surface area contributed by atoms with E-state index in [1.165, 1.54) is 0 Å². The van der Waals surface area contributed by atoms with E-state index in [1.807, 2.05) is 60.8 Å². The summed E-state index contributed by atoms with van der Waals surface area (Å²) in [7, 11) is 0. The van der Waals surface area contributed by atoms with Gasteiger partial charge in [-0.3, -0.25) is 0 Å². The number of para-hydroxylation sites is 2. The summed E-state index contributed by atoms with van der Waals surface area (Å²) in [6, 6.07) is 20.0. The zero-order valence-electron chi connectivity index (χ0n) is 10.7. The third-order valence-corrected chi connectivity index (χ3v) is 3.32. The fourth-order valence-electron chi connectivity index (χ4n) is 2.29. The summed E-state index contributed by atoms with van der Waals surface area (Å²) in [5.74, 6) is 0.662. The zero-order valence-corrected chi connectivity index (χ0v) is 10.7. The Morgan fingerprint density at radius 1 is 0.600 bits per heavy atom. The highest BCUT2D eigenvalue weighted by Gasteiger charge is 2.05. The summed E-state index contributed by atoms with van der Waals surface area (Å²) >= 11 is 0. The number of fused-ring (bicyclic) bond motifs is 2. The monoisotopic (exact) mass is 257 g/mol. The maximum absolute atomic E-state index is 4.63. The van der Waals surface area contributed by atoms with Crippen molar-refractivity contribution in [1.29, 1.82) is 0 Å². The Morgan fingerprint density at radius 3 is 2.15 bits per heavy atom. The molecule has 0 radical (unpaired) electrons. The standard InChI is InChI=1S/C17H11N3/c1-3-7-14-12(5-1)9-10-16(19-14)17-18-11-13-6-2-4-8-15(13)20-17/h1-11H. The fraction of sp³-hybridized carbons (Fsp3) is 0. The minimum Gasteiger partial charge on any atom is -0.244 e. The van der Waals surface area contributed by atoms with Gasteiger partial charge in [0.15, 0.2) is 5.82 Å². The van der Waals surface area contributed by atoms with Crippen LogP contribution >= 0.6 is 0 Å². The van der Waals surface area contributed by atoms with Crippen molar-refractivity contribution in [1.82, 2.24) is 15.0 Å². The molecule has 2 aromatic heterocycles. The number of aromatic nitrogens is 3. The van der Waals surface area contributed by atoms with Crippen LogP contribution in [0, 0.1) is 0 Å². The van der Waals surface area contributed by atoms with E-state index >= 15 is 0 Å². The molecule has 2 aromatic carbocycles. The molecule has 4 aromatic rings. The average Bonchev–Trinajstić information content (AvgIpc) is 2.54. The molecule has 0 N–H and O–H groups in total. The van der Waals surface area contributed by atoms with Crippen LogP contribution in [0.2, 0.25) is 0 Å². The van der Waals surface area contributed by atoms with Gasteiger partial charge in [-0.15, -0.1) is 0 Å². The molecule has 0 bridgehead atoms. The number of nitrogens with zero attached hydrogens (tertiary/aromatic N) is 3. The maximum atomic E-state index is 4.63. The Hall–Kier alpha value is -2.81. The van der Waals surface area contributed by atoms with Crippen molar-refractivity contribution < 1.29 is 0 Å². The molecule has 3 heteroatoms. The Bertz CT molecular complexity index is 838. The first-order valence-corrected chi connectivity index (χ1v) is 6.48. The Labute approximate surface area is 116 Å². The van der Waals surface area contributed by atoms with Crippen molar-refractivity contribution in [2.45, 2.75) is 0 Å². The molecule has 0 saturated heterocycles. The maximum Gasteiger partial charge on any atom is 0.178 e. The zero-order chi connectivity index (χ0) is 13.4. The van der Waals surface area contributed by atoms with E-state index in [9.17, 15) is 0 Å². The molecule has 20 heavy (non-hydrogen) atoms. The minimum absolute atomic E-state index is 0.662. The Balaban J connectivity index is 1.91. The summed E-state index contributed by atoms with van der Waals surface area (Å²) in [5.41, 5.74) is 2.70. The number of rotatable bonds is 1. The van der Waals surface area contributed by atoms with Gasteiger partial charge < -0.3 is 0 Å². The SMILES string of the molecule is c1ccc2nc(-c3ncc4ccccc4n3)ccc2c1. The average molecular weight is 257 g/mol. The van der Waals surface area contributed by atoms with Crippen molar-refractivity contribution in [3.63, 3.8) is 0 Å². The molecule has 3 nitrogen and oxygen atoms in total. The quantitative estimate of drug-likeness (QED) is 0.520. The van der Waals surface area contributed by atoms with Gasteiger partial charge in [0.25, 0.3) is 0 Å². The van der Waals surface area contributed by atoms with Crippen molar-refractivity contribution in [2.75, 3.05) is 0 Å². The number of benzene rings is 2.